The lowest BCUT2D eigenvalue weighted by Crippen LogP contribution is -2.48. The summed E-state index contributed by atoms with van der Waals surface area (Å²) in [7, 11) is 1.79. The molecule has 202 valence electrons. The Morgan fingerprint density at radius 3 is 2.69 bits per heavy atom. The van der Waals surface area contributed by atoms with Gasteiger partial charge in [0.15, 0.2) is 10.9 Å². The number of rotatable bonds is 7. The molecule has 3 aromatic heterocycles. The number of nitrogens with zero attached hydrogens (tertiary/aromatic N) is 4. The van der Waals surface area contributed by atoms with E-state index in [0.29, 0.717) is 35.5 Å². The van der Waals surface area contributed by atoms with Gasteiger partial charge in [-0.25, -0.2) is 4.98 Å². The predicted molar refractivity (Wildman–Crippen MR) is 158 cm³/mol. The van der Waals surface area contributed by atoms with E-state index in [4.69, 9.17) is 9.40 Å². The zero-order valence-corrected chi connectivity index (χ0v) is 23.7. The molecule has 1 amide bonds. The number of carbonyl (C=O) groups excluding carboxylic acids is 1. The second-order valence-corrected chi connectivity index (χ2v) is 12.1. The van der Waals surface area contributed by atoms with Gasteiger partial charge in [-0.3, -0.25) is 19.1 Å². The minimum absolute atomic E-state index is 0.0342. The summed E-state index contributed by atoms with van der Waals surface area (Å²) < 4.78 is 7.59. The topological polar surface area (TPSA) is 71.6 Å². The van der Waals surface area contributed by atoms with Crippen molar-refractivity contribution in [3.63, 3.8) is 0 Å². The van der Waals surface area contributed by atoms with Crippen LogP contribution in [-0.2, 0) is 25.6 Å². The van der Waals surface area contributed by atoms with Crippen LogP contribution in [0.3, 0.4) is 0 Å². The number of hydrogen-bond donors (Lipinski definition) is 0. The van der Waals surface area contributed by atoms with E-state index in [-0.39, 0.29) is 11.5 Å². The number of furan rings is 1. The smallest absolute Gasteiger partial charge is 0.289 e. The molecule has 0 N–H and O–H groups in total. The second kappa shape index (κ2) is 11.5. The van der Waals surface area contributed by atoms with Gasteiger partial charge in [-0.05, 0) is 48.9 Å². The van der Waals surface area contributed by atoms with Crippen LogP contribution in [0.15, 0.2) is 62.9 Å². The molecule has 6 rings (SSSR count). The summed E-state index contributed by atoms with van der Waals surface area (Å²) in [5.74, 6) is 1.51. The summed E-state index contributed by atoms with van der Waals surface area (Å²) in [6.45, 7) is 3.90. The molecule has 7 nitrogen and oxygen atoms in total. The van der Waals surface area contributed by atoms with E-state index in [1.807, 2.05) is 29.2 Å². The maximum atomic E-state index is 13.1. The normalized spacial score (nSPS) is 16.3. The number of aryl methyl sites for hydroxylation is 2. The van der Waals surface area contributed by atoms with Crippen molar-refractivity contribution >= 4 is 45.3 Å². The first-order chi connectivity index (χ1) is 19.1. The number of thioether (sulfide) groups is 1. The van der Waals surface area contributed by atoms with E-state index in [1.54, 1.807) is 29.0 Å². The summed E-state index contributed by atoms with van der Waals surface area (Å²) in [5, 5.41) is 1.48. The highest BCUT2D eigenvalue weighted by molar-refractivity contribution is 7.98. The Bertz CT molecular complexity index is 1560. The molecule has 39 heavy (non-hydrogen) atoms. The second-order valence-electron chi connectivity index (χ2n) is 10.1. The van der Waals surface area contributed by atoms with Gasteiger partial charge in [-0.2, -0.15) is 0 Å². The number of hydrogen-bond acceptors (Lipinski definition) is 7. The van der Waals surface area contributed by atoms with Gasteiger partial charge in [-0.1, -0.05) is 54.2 Å². The molecule has 0 radical (unpaired) electrons. The lowest BCUT2D eigenvalue weighted by molar-refractivity contribution is 0.0617. The summed E-state index contributed by atoms with van der Waals surface area (Å²) in [4.78, 5) is 37.4. The quantitative estimate of drug-likeness (QED) is 0.228. The molecule has 0 atom stereocenters. The van der Waals surface area contributed by atoms with Crippen molar-refractivity contribution in [3.05, 3.63) is 86.4 Å². The Balaban J connectivity index is 1.04. The minimum Gasteiger partial charge on any atom is -0.455 e. The van der Waals surface area contributed by atoms with Crippen molar-refractivity contribution in [2.75, 3.05) is 32.7 Å². The van der Waals surface area contributed by atoms with Crippen LogP contribution in [0.5, 0.6) is 0 Å². The zero-order valence-electron chi connectivity index (χ0n) is 22.1. The molecule has 1 fully saturated rings. The third-order valence-corrected chi connectivity index (χ3v) is 9.74. The average Bonchev–Trinajstić information content (AvgIpc) is 3.59. The van der Waals surface area contributed by atoms with E-state index >= 15 is 0 Å². The highest BCUT2D eigenvalue weighted by atomic mass is 32.2. The molecular weight excluding hydrogens is 528 g/mol. The van der Waals surface area contributed by atoms with Crippen LogP contribution >= 0.6 is 23.1 Å². The fraction of sp³-hybridized carbons (Fsp3) is 0.367. The molecule has 1 aliphatic carbocycles. The monoisotopic (exact) mass is 560 g/mol. The van der Waals surface area contributed by atoms with Crippen molar-refractivity contribution in [1.82, 2.24) is 19.4 Å². The molecule has 0 unspecified atom stereocenters. The summed E-state index contributed by atoms with van der Waals surface area (Å²) in [6.07, 6.45) is 8.66. The molecule has 0 saturated carbocycles. The highest BCUT2D eigenvalue weighted by Crippen LogP contribution is 2.35. The number of benzene rings is 1. The predicted octanol–water partition coefficient (Wildman–Crippen LogP) is 5.23. The first-order valence-electron chi connectivity index (χ1n) is 13.5. The number of amides is 1. The van der Waals surface area contributed by atoms with Gasteiger partial charge in [0.05, 0.1) is 11.1 Å². The molecule has 1 saturated heterocycles. The Morgan fingerprint density at radius 1 is 1.08 bits per heavy atom. The van der Waals surface area contributed by atoms with Gasteiger partial charge in [-0.15, -0.1) is 11.3 Å². The Morgan fingerprint density at radius 2 is 1.87 bits per heavy atom. The highest BCUT2D eigenvalue weighted by Gasteiger charge is 2.25. The number of aromatic nitrogens is 2. The molecular formula is C30H32N4O3S2. The van der Waals surface area contributed by atoms with Crippen LogP contribution in [0.25, 0.3) is 16.3 Å². The number of thiophene rings is 1. The van der Waals surface area contributed by atoms with Crippen molar-refractivity contribution in [1.29, 1.82) is 0 Å². The minimum atomic E-state index is -0.0677. The fourth-order valence-electron chi connectivity index (χ4n) is 5.29. The van der Waals surface area contributed by atoms with Crippen molar-refractivity contribution in [2.45, 2.75) is 36.6 Å². The summed E-state index contributed by atoms with van der Waals surface area (Å²) in [5.41, 5.74) is 2.44. The summed E-state index contributed by atoms with van der Waals surface area (Å²) >= 11 is 3.14. The van der Waals surface area contributed by atoms with Crippen LogP contribution in [0.2, 0.25) is 0 Å². The van der Waals surface area contributed by atoms with Gasteiger partial charge < -0.3 is 9.32 Å². The number of piperazine rings is 1. The Hall–Kier alpha value is -3.14. The first-order valence-corrected chi connectivity index (χ1v) is 15.3. The third-order valence-electron chi connectivity index (χ3n) is 7.50. The average molecular weight is 561 g/mol. The molecule has 1 aliphatic heterocycles. The zero-order chi connectivity index (χ0) is 26.8. The van der Waals surface area contributed by atoms with E-state index in [2.05, 4.69) is 29.2 Å². The van der Waals surface area contributed by atoms with E-state index in [1.165, 1.54) is 34.2 Å². The van der Waals surface area contributed by atoms with Gasteiger partial charge in [0.1, 0.15) is 10.6 Å². The van der Waals surface area contributed by atoms with Crippen LogP contribution in [-0.4, -0.2) is 58.0 Å². The van der Waals surface area contributed by atoms with E-state index in [0.717, 1.165) is 49.1 Å². The van der Waals surface area contributed by atoms with Crippen LogP contribution in [0.4, 0.5) is 0 Å². The Kier molecular flexibility index (Phi) is 7.72. The van der Waals surface area contributed by atoms with E-state index < -0.39 is 0 Å². The van der Waals surface area contributed by atoms with Gasteiger partial charge in [0.25, 0.3) is 11.5 Å². The maximum absolute atomic E-state index is 13.1. The molecule has 0 spiro atoms. The lowest BCUT2D eigenvalue weighted by Gasteiger charge is -2.33. The van der Waals surface area contributed by atoms with Crippen molar-refractivity contribution < 1.29 is 9.21 Å². The molecule has 2 aliphatic rings. The maximum Gasteiger partial charge on any atom is 0.289 e. The number of fused-ring (bicyclic) bond motifs is 3. The SMILES string of the molecule is Cn1c(SCc2ccc(C(=O)N3CCN(C/C=C/c4ccccc4)CC3)o2)nc2sc3c(c2c1=O)CCCC3. The van der Waals surface area contributed by atoms with Gasteiger partial charge in [0.2, 0.25) is 0 Å². The standard InChI is InChI=1S/C30H32N4O3S2/c1-32-29(36)26-23-11-5-6-12-25(23)39-27(26)31-30(32)38-20-22-13-14-24(37-22)28(35)34-18-16-33(17-19-34)15-7-10-21-8-3-2-4-9-21/h2-4,7-10,13-14H,5-6,11-12,15-20H2,1H3/b10-7+. The first kappa shape index (κ1) is 26.1. The van der Waals surface area contributed by atoms with Gasteiger partial charge >= 0.3 is 0 Å². The fourth-order valence-corrected chi connectivity index (χ4v) is 7.46. The van der Waals surface area contributed by atoms with Crippen LogP contribution < -0.4 is 5.56 Å². The molecule has 1 aromatic carbocycles. The Labute approximate surface area is 236 Å². The van der Waals surface area contributed by atoms with E-state index in [9.17, 15) is 9.59 Å². The molecule has 4 heterocycles. The number of carbonyl (C=O) groups is 1. The third kappa shape index (κ3) is 5.62. The van der Waals surface area contributed by atoms with Crippen LogP contribution in [0, 0.1) is 0 Å². The van der Waals surface area contributed by atoms with Crippen molar-refractivity contribution in [2.24, 2.45) is 7.05 Å². The van der Waals surface area contributed by atoms with Gasteiger partial charge in [0, 0.05) is 44.6 Å². The molecule has 9 heteroatoms. The van der Waals surface area contributed by atoms with Crippen molar-refractivity contribution in [3.8, 4) is 0 Å². The summed E-state index contributed by atoms with van der Waals surface area (Å²) in [6, 6.07) is 13.9. The largest absolute Gasteiger partial charge is 0.455 e. The lowest BCUT2D eigenvalue weighted by atomic mass is 9.97. The molecule has 4 aromatic rings. The van der Waals surface area contributed by atoms with Crippen LogP contribution in [0.1, 0.15) is 45.2 Å². The molecule has 0 bridgehead atoms.